The highest BCUT2D eigenvalue weighted by Crippen LogP contribution is 2.31. The van der Waals surface area contributed by atoms with Gasteiger partial charge in [-0.05, 0) is 32.8 Å². The maximum Gasteiger partial charge on any atom is 0.342 e. The molecule has 0 spiro atoms. The number of ether oxygens (including phenoxy) is 2. The van der Waals surface area contributed by atoms with Crippen LogP contribution in [-0.4, -0.2) is 25.0 Å². The summed E-state index contributed by atoms with van der Waals surface area (Å²) in [5.74, 6) is -1.29. The minimum atomic E-state index is -0.780. The topological polar surface area (TPSA) is 100 Å². The fourth-order valence-corrected chi connectivity index (χ4v) is 1.61. The third kappa shape index (κ3) is 4.47. The summed E-state index contributed by atoms with van der Waals surface area (Å²) in [6.07, 6.45) is 2.68. The first-order chi connectivity index (χ1) is 10.1. The third-order valence-corrected chi connectivity index (χ3v) is 2.75. The van der Waals surface area contributed by atoms with Crippen molar-refractivity contribution < 1.29 is 19.1 Å². The van der Waals surface area contributed by atoms with E-state index in [1.54, 1.807) is 26.0 Å². The maximum absolute atomic E-state index is 12.0. The average Bonchev–Trinajstić information content (AvgIpc) is 3.30. The number of esters is 1. The van der Waals surface area contributed by atoms with Gasteiger partial charge in [0.2, 0.25) is 0 Å². The third-order valence-electron chi connectivity index (χ3n) is 2.75. The second kappa shape index (κ2) is 7.86. The van der Waals surface area contributed by atoms with Crippen LogP contribution in [0, 0.1) is 28.6 Å². The number of hydrogen-bond acceptors (Lipinski definition) is 6. The van der Waals surface area contributed by atoms with Crippen LogP contribution in [0.3, 0.4) is 0 Å². The van der Waals surface area contributed by atoms with Gasteiger partial charge in [-0.2, -0.15) is 10.5 Å². The van der Waals surface area contributed by atoms with Crippen LogP contribution in [0.15, 0.2) is 23.0 Å². The van der Waals surface area contributed by atoms with Gasteiger partial charge in [-0.3, -0.25) is 4.79 Å². The van der Waals surface area contributed by atoms with Crippen molar-refractivity contribution in [1.82, 2.24) is 0 Å². The Kier molecular flexibility index (Phi) is 6.16. The number of allylic oxidation sites excluding steroid dienone is 2. The zero-order chi connectivity index (χ0) is 15.8. The molecule has 6 nitrogen and oxygen atoms in total. The SMILES string of the molecule is CCOC(=O)/C(=C/C(=O)C1CC1)C(OCC)=C(C#N)C#N. The highest BCUT2D eigenvalue weighted by Gasteiger charge is 2.31. The first-order valence-corrected chi connectivity index (χ1v) is 6.69. The van der Waals surface area contributed by atoms with Gasteiger partial charge in [0, 0.05) is 5.92 Å². The van der Waals surface area contributed by atoms with Crippen molar-refractivity contribution in [2.45, 2.75) is 26.7 Å². The molecule has 6 heteroatoms. The van der Waals surface area contributed by atoms with E-state index in [1.165, 1.54) is 0 Å². The highest BCUT2D eigenvalue weighted by atomic mass is 16.5. The quantitative estimate of drug-likeness (QED) is 0.233. The van der Waals surface area contributed by atoms with Gasteiger partial charge in [0.25, 0.3) is 0 Å². The number of carbonyl (C=O) groups excluding carboxylic acids is 2. The molecule has 0 amide bonds. The van der Waals surface area contributed by atoms with E-state index >= 15 is 0 Å². The normalized spacial score (nSPS) is 13.6. The lowest BCUT2D eigenvalue weighted by molar-refractivity contribution is -0.138. The van der Waals surface area contributed by atoms with Crippen LogP contribution in [0.1, 0.15) is 26.7 Å². The number of hydrogen-bond donors (Lipinski definition) is 0. The Morgan fingerprint density at radius 1 is 1.14 bits per heavy atom. The predicted molar refractivity (Wildman–Crippen MR) is 72.3 cm³/mol. The van der Waals surface area contributed by atoms with Gasteiger partial charge in [0.15, 0.2) is 17.1 Å². The van der Waals surface area contributed by atoms with Crippen molar-refractivity contribution in [2.75, 3.05) is 13.2 Å². The lowest BCUT2D eigenvalue weighted by atomic mass is 10.1. The Bertz CT molecular complexity index is 555. The molecule has 0 atom stereocenters. The summed E-state index contributed by atoms with van der Waals surface area (Å²) >= 11 is 0. The van der Waals surface area contributed by atoms with Crippen molar-refractivity contribution in [2.24, 2.45) is 5.92 Å². The van der Waals surface area contributed by atoms with Gasteiger partial charge in [0.05, 0.1) is 13.2 Å². The van der Waals surface area contributed by atoms with Crippen molar-refractivity contribution in [3.8, 4) is 12.1 Å². The minimum absolute atomic E-state index is 0.0927. The van der Waals surface area contributed by atoms with Crippen molar-refractivity contribution >= 4 is 11.8 Å². The van der Waals surface area contributed by atoms with Crippen molar-refractivity contribution in [3.05, 3.63) is 23.0 Å². The van der Waals surface area contributed by atoms with E-state index in [1.807, 2.05) is 0 Å². The molecule has 0 unspecified atom stereocenters. The van der Waals surface area contributed by atoms with E-state index in [4.69, 9.17) is 20.0 Å². The van der Waals surface area contributed by atoms with E-state index in [9.17, 15) is 9.59 Å². The Labute approximate surface area is 123 Å². The van der Waals surface area contributed by atoms with Crippen LogP contribution in [-0.2, 0) is 19.1 Å². The largest absolute Gasteiger partial charge is 0.491 e. The molecular weight excluding hydrogens is 272 g/mol. The molecule has 1 fully saturated rings. The molecular formula is C15H16N2O4. The lowest BCUT2D eigenvalue weighted by Crippen LogP contribution is -2.15. The van der Waals surface area contributed by atoms with Crippen molar-refractivity contribution in [1.29, 1.82) is 10.5 Å². The molecule has 0 saturated heterocycles. The van der Waals surface area contributed by atoms with Crippen LogP contribution in [0.25, 0.3) is 0 Å². The van der Waals surface area contributed by atoms with Gasteiger partial charge in [-0.1, -0.05) is 0 Å². The molecule has 0 radical (unpaired) electrons. The molecule has 0 aromatic heterocycles. The van der Waals surface area contributed by atoms with E-state index in [0.29, 0.717) is 0 Å². The zero-order valence-electron chi connectivity index (χ0n) is 12.0. The van der Waals surface area contributed by atoms with Gasteiger partial charge in [-0.25, -0.2) is 4.79 Å². The minimum Gasteiger partial charge on any atom is -0.491 e. The summed E-state index contributed by atoms with van der Waals surface area (Å²) in [4.78, 5) is 23.9. The van der Waals surface area contributed by atoms with Crippen LogP contribution in [0.5, 0.6) is 0 Å². The highest BCUT2D eigenvalue weighted by molar-refractivity contribution is 6.03. The zero-order valence-corrected chi connectivity index (χ0v) is 12.0. The molecule has 0 aromatic carbocycles. The molecule has 0 heterocycles. The fourth-order valence-electron chi connectivity index (χ4n) is 1.61. The Morgan fingerprint density at radius 3 is 2.14 bits per heavy atom. The molecule has 0 aromatic rings. The van der Waals surface area contributed by atoms with E-state index in [0.717, 1.165) is 18.9 Å². The molecule has 1 rings (SSSR count). The molecule has 0 bridgehead atoms. The molecule has 1 aliphatic carbocycles. The number of nitriles is 2. The van der Waals surface area contributed by atoms with Gasteiger partial charge in [0.1, 0.15) is 17.7 Å². The van der Waals surface area contributed by atoms with Crippen molar-refractivity contribution in [3.63, 3.8) is 0 Å². The number of rotatable bonds is 7. The second-order valence-electron chi connectivity index (χ2n) is 4.32. The Hall–Kier alpha value is -2.60. The summed E-state index contributed by atoms with van der Waals surface area (Å²) in [5.41, 5.74) is -0.534. The predicted octanol–water partition coefficient (Wildman–Crippen LogP) is 1.79. The van der Waals surface area contributed by atoms with E-state index in [-0.39, 0.29) is 41.8 Å². The fraction of sp³-hybridized carbons (Fsp3) is 0.467. The molecule has 1 aliphatic rings. The maximum atomic E-state index is 12.0. The van der Waals surface area contributed by atoms with Crippen LogP contribution >= 0.6 is 0 Å². The Morgan fingerprint density at radius 2 is 1.71 bits per heavy atom. The number of nitrogens with zero attached hydrogens (tertiary/aromatic N) is 2. The summed E-state index contributed by atoms with van der Waals surface area (Å²) in [5, 5.41) is 17.9. The lowest BCUT2D eigenvalue weighted by Gasteiger charge is -2.11. The molecule has 21 heavy (non-hydrogen) atoms. The molecule has 0 N–H and O–H groups in total. The monoisotopic (exact) mass is 288 g/mol. The van der Waals surface area contributed by atoms with Crippen LogP contribution in [0.4, 0.5) is 0 Å². The first kappa shape index (κ1) is 16.5. The average molecular weight is 288 g/mol. The van der Waals surface area contributed by atoms with Gasteiger partial charge >= 0.3 is 5.97 Å². The summed E-state index contributed by atoms with van der Waals surface area (Å²) in [7, 11) is 0. The van der Waals surface area contributed by atoms with Crippen LogP contribution < -0.4 is 0 Å². The number of ketones is 1. The summed E-state index contributed by atoms with van der Waals surface area (Å²) in [6.45, 7) is 3.54. The van der Waals surface area contributed by atoms with E-state index in [2.05, 4.69) is 0 Å². The van der Waals surface area contributed by atoms with Crippen LogP contribution in [0.2, 0.25) is 0 Å². The smallest absolute Gasteiger partial charge is 0.342 e. The molecule has 110 valence electrons. The Balaban J connectivity index is 3.29. The number of carbonyl (C=O) groups is 2. The van der Waals surface area contributed by atoms with E-state index < -0.39 is 5.97 Å². The van der Waals surface area contributed by atoms with Gasteiger partial charge < -0.3 is 9.47 Å². The standard InChI is InChI=1S/C15H16N2O4/c1-3-20-14(11(8-16)9-17)12(15(19)21-4-2)7-13(18)10-5-6-10/h7,10H,3-6H2,1-2H3/b12-7+. The summed E-state index contributed by atoms with van der Waals surface area (Å²) < 4.78 is 10.1. The second-order valence-corrected chi connectivity index (χ2v) is 4.32. The first-order valence-electron chi connectivity index (χ1n) is 6.69. The van der Waals surface area contributed by atoms with Gasteiger partial charge in [-0.15, -0.1) is 0 Å². The summed E-state index contributed by atoms with van der Waals surface area (Å²) in [6, 6.07) is 3.33. The molecule has 1 saturated carbocycles. The molecule has 0 aliphatic heterocycles.